The van der Waals surface area contributed by atoms with E-state index in [4.69, 9.17) is 67.3 Å². The maximum absolute atomic E-state index is 11.8. The number of para-hydroxylation sites is 2. The molecule has 0 aliphatic rings. The smallest absolute Gasteiger partial charge is 0.305 e. The summed E-state index contributed by atoms with van der Waals surface area (Å²) in [6.07, 6.45) is 11.6. The van der Waals surface area contributed by atoms with Gasteiger partial charge in [0, 0.05) is 6.42 Å². The van der Waals surface area contributed by atoms with Crippen molar-refractivity contribution in [3.63, 3.8) is 0 Å². The number of nitrogen functional groups attached to an aromatic ring is 1. The number of nitrogens with two attached hydrogens (primary N) is 1. The van der Waals surface area contributed by atoms with Gasteiger partial charge in [-0.05, 0) is 18.6 Å². The molecular weight excluding hydrogens is 742 g/mol. The topological polar surface area (TPSA) is 163 Å². The number of unbranched alkanes of at least 4 members (excludes halogenated alkanes) is 8. The monoisotopic (exact) mass is 820 g/mol. The van der Waals surface area contributed by atoms with Crippen molar-refractivity contribution in [1.82, 2.24) is 0 Å². The van der Waals surface area contributed by atoms with Gasteiger partial charge >= 0.3 is 5.97 Å². The SMILES string of the molecule is CCCCCCCCCCCC(=O)OCCOCCOCCOCCOCCOCCOCCOCCOCCOCCOCCOCCOc1ccccc1N. The molecule has 1 aromatic carbocycles. The maximum Gasteiger partial charge on any atom is 0.305 e. The van der Waals surface area contributed by atoms with Crippen LogP contribution in [0.25, 0.3) is 0 Å². The summed E-state index contributed by atoms with van der Waals surface area (Å²) in [4.78, 5) is 11.8. The second kappa shape index (κ2) is 44.9. The first-order valence-electron chi connectivity index (χ1n) is 21.2. The molecule has 0 radical (unpaired) electrons. The predicted octanol–water partition coefficient (Wildman–Crippen LogP) is 5.29. The van der Waals surface area contributed by atoms with Gasteiger partial charge in [0.25, 0.3) is 0 Å². The summed E-state index contributed by atoms with van der Waals surface area (Å²) < 4.78 is 71.2. The van der Waals surface area contributed by atoms with Crippen LogP contribution in [0.3, 0.4) is 0 Å². The van der Waals surface area contributed by atoms with E-state index in [0.717, 1.165) is 12.8 Å². The zero-order valence-corrected chi connectivity index (χ0v) is 35.1. The van der Waals surface area contributed by atoms with Crippen LogP contribution in [0.15, 0.2) is 24.3 Å². The van der Waals surface area contributed by atoms with Crippen molar-refractivity contribution in [2.24, 2.45) is 0 Å². The van der Waals surface area contributed by atoms with Gasteiger partial charge in [-0.1, -0.05) is 70.4 Å². The van der Waals surface area contributed by atoms with Crippen molar-refractivity contribution in [2.75, 3.05) is 164 Å². The van der Waals surface area contributed by atoms with Gasteiger partial charge in [0.1, 0.15) is 19.0 Å². The van der Waals surface area contributed by atoms with Crippen molar-refractivity contribution >= 4 is 11.7 Å². The molecule has 0 atom stereocenters. The normalized spacial score (nSPS) is 11.4. The minimum absolute atomic E-state index is 0.139. The van der Waals surface area contributed by atoms with Crippen LogP contribution >= 0.6 is 0 Å². The number of esters is 1. The number of rotatable bonds is 47. The van der Waals surface area contributed by atoms with Gasteiger partial charge in [-0.15, -0.1) is 0 Å². The molecule has 2 N–H and O–H groups in total. The summed E-state index contributed by atoms with van der Waals surface area (Å²) >= 11 is 0. The molecule has 334 valence electrons. The van der Waals surface area contributed by atoms with E-state index < -0.39 is 0 Å². The molecule has 57 heavy (non-hydrogen) atoms. The second-order valence-electron chi connectivity index (χ2n) is 12.9. The van der Waals surface area contributed by atoms with E-state index in [9.17, 15) is 4.79 Å². The molecule has 0 saturated carbocycles. The summed E-state index contributed by atoms with van der Waals surface area (Å²) in [5, 5.41) is 0. The van der Waals surface area contributed by atoms with E-state index in [2.05, 4.69) is 6.92 Å². The fourth-order valence-electron chi connectivity index (χ4n) is 4.99. The van der Waals surface area contributed by atoms with E-state index in [-0.39, 0.29) is 12.6 Å². The molecule has 1 rings (SSSR count). The van der Waals surface area contributed by atoms with Crippen LogP contribution in [0, 0.1) is 0 Å². The summed E-state index contributed by atoms with van der Waals surface area (Å²) in [5.41, 5.74) is 6.44. The maximum atomic E-state index is 11.8. The molecular formula is C42H77NO14. The zero-order chi connectivity index (χ0) is 40.8. The molecule has 0 heterocycles. The quantitative estimate of drug-likeness (QED) is 0.0512. The molecule has 1 aromatic rings. The number of carbonyl (C=O) groups is 1. The Morgan fingerprint density at radius 1 is 0.404 bits per heavy atom. The van der Waals surface area contributed by atoms with E-state index in [1.807, 2.05) is 18.2 Å². The molecule has 0 aliphatic carbocycles. The van der Waals surface area contributed by atoms with E-state index >= 15 is 0 Å². The Bertz CT molecular complexity index is 963. The van der Waals surface area contributed by atoms with E-state index in [0.29, 0.717) is 170 Å². The predicted molar refractivity (Wildman–Crippen MR) is 218 cm³/mol. The van der Waals surface area contributed by atoms with Crippen molar-refractivity contribution in [2.45, 2.75) is 71.1 Å². The molecule has 0 fully saturated rings. The van der Waals surface area contributed by atoms with Crippen molar-refractivity contribution in [3.05, 3.63) is 24.3 Å². The number of benzene rings is 1. The van der Waals surface area contributed by atoms with Crippen LogP contribution in [0.2, 0.25) is 0 Å². The van der Waals surface area contributed by atoms with E-state index in [1.54, 1.807) is 6.07 Å². The average molecular weight is 820 g/mol. The Hall–Kier alpha value is -2.15. The minimum Gasteiger partial charge on any atom is -0.489 e. The lowest BCUT2D eigenvalue weighted by atomic mass is 10.1. The first-order chi connectivity index (χ1) is 28.2. The molecule has 15 nitrogen and oxygen atoms in total. The van der Waals surface area contributed by atoms with Crippen LogP contribution < -0.4 is 10.5 Å². The van der Waals surface area contributed by atoms with Gasteiger partial charge in [0.05, 0.1) is 151 Å². The Morgan fingerprint density at radius 2 is 0.702 bits per heavy atom. The van der Waals surface area contributed by atoms with Crippen LogP contribution in [0.5, 0.6) is 5.75 Å². The summed E-state index contributed by atoms with van der Waals surface area (Å²) in [6.45, 7) is 13.6. The van der Waals surface area contributed by atoms with Gasteiger partial charge in [-0.25, -0.2) is 0 Å². The first kappa shape index (κ1) is 52.9. The lowest BCUT2D eigenvalue weighted by Crippen LogP contribution is -2.16. The molecule has 0 amide bonds. The van der Waals surface area contributed by atoms with Gasteiger partial charge in [-0.3, -0.25) is 4.79 Å². The van der Waals surface area contributed by atoms with Gasteiger partial charge in [-0.2, -0.15) is 0 Å². The fraction of sp³-hybridized carbons (Fsp3) is 0.833. The molecule has 0 aromatic heterocycles. The molecule has 0 aliphatic heterocycles. The number of ether oxygens (including phenoxy) is 13. The fourth-order valence-corrected chi connectivity index (χ4v) is 4.99. The second-order valence-corrected chi connectivity index (χ2v) is 12.9. The van der Waals surface area contributed by atoms with Gasteiger partial charge in [0.15, 0.2) is 0 Å². The third-order valence-corrected chi connectivity index (χ3v) is 8.10. The number of hydrogen-bond donors (Lipinski definition) is 1. The summed E-state index contributed by atoms with van der Waals surface area (Å²) in [6, 6.07) is 7.38. The highest BCUT2D eigenvalue weighted by molar-refractivity contribution is 5.69. The summed E-state index contributed by atoms with van der Waals surface area (Å²) in [7, 11) is 0. The Kier molecular flexibility index (Phi) is 41.7. The largest absolute Gasteiger partial charge is 0.489 e. The van der Waals surface area contributed by atoms with Crippen LogP contribution in [-0.2, 0) is 61.6 Å². The number of carbonyl (C=O) groups excluding carboxylic acids is 1. The highest BCUT2D eigenvalue weighted by Gasteiger charge is 2.03. The number of hydrogen-bond acceptors (Lipinski definition) is 15. The first-order valence-corrected chi connectivity index (χ1v) is 21.2. The van der Waals surface area contributed by atoms with Crippen molar-refractivity contribution in [3.8, 4) is 5.75 Å². The van der Waals surface area contributed by atoms with Crippen LogP contribution in [0.1, 0.15) is 71.1 Å². The molecule has 0 bridgehead atoms. The lowest BCUT2D eigenvalue weighted by molar-refractivity contribution is -0.145. The third-order valence-electron chi connectivity index (χ3n) is 8.10. The molecule has 0 spiro atoms. The van der Waals surface area contributed by atoms with Gasteiger partial charge in [0.2, 0.25) is 0 Å². The molecule has 0 unspecified atom stereocenters. The van der Waals surface area contributed by atoms with Crippen molar-refractivity contribution < 1.29 is 66.4 Å². The highest BCUT2D eigenvalue weighted by Crippen LogP contribution is 2.19. The summed E-state index contributed by atoms with van der Waals surface area (Å²) in [5.74, 6) is 0.527. The minimum atomic E-state index is -0.139. The standard InChI is InChI=1S/C42H77NO14/c1-2-3-4-5-6-7-8-9-10-15-42(44)57-39-37-55-35-33-53-31-29-51-27-25-49-23-21-47-19-17-45-16-18-46-20-22-48-24-26-50-28-30-52-32-34-54-36-38-56-41-14-12-11-13-40(41)43/h11-14H,2-10,15-39,43H2,1H3. The Labute approximate surface area is 343 Å². The van der Waals surface area contributed by atoms with Crippen LogP contribution in [0.4, 0.5) is 5.69 Å². The van der Waals surface area contributed by atoms with E-state index in [1.165, 1.54) is 44.9 Å². The average Bonchev–Trinajstić information content (AvgIpc) is 3.22. The Balaban J connectivity index is 1.63. The van der Waals surface area contributed by atoms with Gasteiger partial charge < -0.3 is 67.3 Å². The van der Waals surface area contributed by atoms with Crippen molar-refractivity contribution in [1.29, 1.82) is 0 Å². The highest BCUT2D eigenvalue weighted by atomic mass is 16.6. The Morgan fingerprint density at radius 3 is 1.05 bits per heavy atom. The zero-order valence-electron chi connectivity index (χ0n) is 35.1. The van der Waals surface area contributed by atoms with Crippen LogP contribution in [-0.4, -0.2) is 165 Å². The third kappa shape index (κ3) is 40.4. The molecule has 0 saturated heterocycles. The lowest BCUT2D eigenvalue weighted by Gasteiger charge is -2.10. The number of anilines is 1. The molecule has 15 heteroatoms.